The molecule has 2 aliphatic rings. The minimum Gasteiger partial charge on any atom is -0.355 e. The van der Waals surface area contributed by atoms with Gasteiger partial charge in [-0.25, -0.2) is 21.6 Å². The van der Waals surface area contributed by atoms with Gasteiger partial charge in [0, 0.05) is 37.7 Å². The Kier molecular flexibility index (Phi) is 6.54. The molecule has 0 spiro atoms. The fourth-order valence-electron chi connectivity index (χ4n) is 4.58. The van der Waals surface area contributed by atoms with Gasteiger partial charge in [0.05, 0.1) is 5.75 Å². The van der Waals surface area contributed by atoms with Crippen molar-refractivity contribution < 1.29 is 26.4 Å². The van der Waals surface area contributed by atoms with E-state index in [0.717, 1.165) is 18.9 Å². The van der Waals surface area contributed by atoms with Crippen molar-refractivity contribution in [1.29, 1.82) is 0 Å². The molecule has 2 fully saturated rings. The lowest BCUT2D eigenvalue weighted by molar-refractivity contribution is -0.118. The van der Waals surface area contributed by atoms with Crippen LogP contribution in [0.3, 0.4) is 0 Å². The monoisotopic (exact) mass is 433 g/mol. The molecule has 3 N–H and O–H groups in total. The van der Waals surface area contributed by atoms with Crippen LogP contribution in [0.2, 0.25) is 0 Å². The summed E-state index contributed by atoms with van der Waals surface area (Å²) in [5.41, 5.74) is 6.28. The van der Waals surface area contributed by atoms with Crippen LogP contribution in [0, 0.1) is 23.4 Å². The number of carbonyl (C=O) groups excluding carboxylic acids is 1. The van der Waals surface area contributed by atoms with Gasteiger partial charge in [-0.05, 0) is 49.7 Å². The molecule has 3 rings (SSSR count). The van der Waals surface area contributed by atoms with Crippen LogP contribution in [-0.2, 0) is 21.2 Å². The largest absolute Gasteiger partial charge is 0.355 e. The maximum atomic E-state index is 13.9. The number of nitrogens with zero attached hydrogens (tertiary/aromatic N) is 1. The van der Waals surface area contributed by atoms with E-state index in [1.807, 2.05) is 0 Å². The summed E-state index contributed by atoms with van der Waals surface area (Å²) in [6.07, 6.45) is 2.60. The molecule has 0 unspecified atom stereocenters. The number of hydrogen-bond donors (Lipinski definition) is 2. The van der Waals surface area contributed by atoms with Crippen LogP contribution in [0.25, 0.3) is 0 Å². The first-order valence-electron chi connectivity index (χ1n) is 9.73. The van der Waals surface area contributed by atoms with Crippen molar-refractivity contribution >= 4 is 15.9 Å². The summed E-state index contributed by atoms with van der Waals surface area (Å²) in [5.74, 6) is -3.67. The molecule has 1 amide bonds. The second kappa shape index (κ2) is 8.61. The summed E-state index contributed by atoms with van der Waals surface area (Å²) in [6, 6.07) is 0.511. The molecule has 4 atom stereocenters. The Morgan fingerprint density at radius 3 is 2.34 bits per heavy atom. The second-order valence-corrected chi connectivity index (χ2v) is 9.96. The molecule has 1 aromatic carbocycles. The van der Waals surface area contributed by atoms with Gasteiger partial charge in [-0.2, -0.15) is 4.31 Å². The fourth-order valence-corrected chi connectivity index (χ4v) is 6.44. The van der Waals surface area contributed by atoms with Gasteiger partial charge in [0.1, 0.15) is 5.82 Å². The van der Waals surface area contributed by atoms with Gasteiger partial charge in [-0.3, -0.25) is 4.79 Å². The molecule has 0 saturated carbocycles. The van der Waals surface area contributed by atoms with E-state index in [4.69, 9.17) is 5.73 Å². The first kappa shape index (κ1) is 22.0. The topological polar surface area (TPSA) is 92.5 Å². The SMILES string of the molecule is CC(=O)NCCS(=O)(=O)N1[C@@H]2CC[C@H]1C[C@H]([C@H](N)Cc1cc(F)c(F)cc1F)C2. The summed E-state index contributed by atoms with van der Waals surface area (Å²) in [7, 11) is -3.51. The van der Waals surface area contributed by atoms with Crippen molar-refractivity contribution in [2.75, 3.05) is 12.3 Å². The third-order valence-electron chi connectivity index (χ3n) is 5.91. The lowest BCUT2D eigenvalue weighted by Crippen LogP contribution is -2.51. The van der Waals surface area contributed by atoms with Gasteiger partial charge in [0.15, 0.2) is 11.6 Å². The maximum Gasteiger partial charge on any atom is 0.216 e. The summed E-state index contributed by atoms with van der Waals surface area (Å²) in [4.78, 5) is 11.0. The van der Waals surface area contributed by atoms with E-state index >= 15 is 0 Å². The second-order valence-electron chi connectivity index (χ2n) is 7.97. The van der Waals surface area contributed by atoms with E-state index in [9.17, 15) is 26.4 Å². The summed E-state index contributed by atoms with van der Waals surface area (Å²) in [6.45, 7) is 1.39. The van der Waals surface area contributed by atoms with E-state index in [-0.39, 0.29) is 48.2 Å². The van der Waals surface area contributed by atoms with Crippen molar-refractivity contribution in [3.63, 3.8) is 0 Å². The molecule has 10 heteroatoms. The highest BCUT2D eigenvalue weighted by Crippen LogP contribution is 2.41. The lowest BCUT2D eigenvalue weighted by Gasteiger charge is -2.40. The average Bonchev–Trinajstić information content (AvgIpc) is 2.90. The Morgan fingerprint density at radius 1 is 1.17 bits per heavy atom. The number of piperidine rings is 1. The van der Waals surface area contributed by atoms with Gasteiger partial charge in [0.2, 0.25) is 15.9 Å². The standard InChI is InChI=1S/C19H26F3N3O3S/c1-11(26)24-4-5-29(27,28)25-14-2-3-15(25)7-13(6-14)19(23)9-12-8-17(21)18(22)10-16(12)20/h8,10,13-15,19H,2-7,9,23H2,1H3,(H,24,26)/t13-,14-,15+,19-/m1/s1. The zero-order valence-electron chi connectivity index (χ0n) is 16.2. The number of benzene rings is 1. The van der Waals surface area contributed by atoms with E-state index in [2.05, 4.69) is 5.32 Å². The van der Waals surface area contributed by atoms with Crippen molar-refractivity contribution in [2.24, 2.45) is 11.7 Å². The maximum absolute atomic E-state index is 13.9. The minimum absolute atomic E-state index is 0.0223. The molecule has 2 bridgehead atoms. The number of carbonyl (C=O) groups is 1. The molecule has 2 saturated heterocycles. The predicted molar refractivity (Wildman–Crippen MR) is 102 cm³/mol. The molecule has 162 valence electrons. The van der Waals surface area contributed by atoms with E-state index < -0.39 is 33.5 Å². The highest BCUT2D eigenvalue weighted by Gasteiger charge is 2.47. The number of nitrogens with one attached hydrogen (secondary N) is 1. The molecule has 1 aromatic rings. The minimum atomic E-state index is -3.51. The summed E-state index contributed by atoms with van der Waals surface area (Å²) in [5, 5.41) is 2.50. The molecule has 2 heterocycles. The van der Waals surface area contributed by atoms with Crippen LogP contribution >= 0.6 is 0 Å². The number of halogens is 3. The molecule has 0 aliphatic carbocycles. The van der Waals surface area contributed by atoms with E-state index in [0.29, 0.717) is 18.9 Å². The Labute approximate surface area is 168 Å². The molecular weight excluding hydrogens is 407 g/mol. The number of fused-ring (bicyclic) bond motifs is 2. The molecule has 6 nitrogen and oxygen atoms in total. The summed E-state index contributed by atoms with van der Waals surface area (Å²) >= 11 is 0. The van der Waals surface area contributed by atoms with Gasteiger partial charge >= 0.3 is 0 Å². The lowest BCUT2D eigenvalue weighted by atomic mass is 9.83. The number of sulfonamides is 1. The van der Waals surface area contributed by atoms with Crippen LogP contribution in [-0.4, -0.2) is 49.1 Å². The van der Waals surface area contributed by atoms with Crippen LogP contribution in [0.4, 0.5) is 13.2 Å². The number of hydrogen-bond acceptors (Lipinski definition) is 4. The molecule has 0 radical (unpaired) electrons. The zero-order chi connectivity index (χ0) is 21.3. The molecule has 29 heavy (non-hydrogen) atoms. The Balaban J connectivity index is 1.65. The fraction of sp³-hybridized carbons (Fsp3) is 0.632. The Bertz CT molecular complexity index is 867. The zero-order valence-corrected chi connectivity index (χ0v) is 17.0. The van der Waals surface area contributed by atoms with E-state index in [1.54, 1.807) is 4.31 Å². The predicted octanol–water partition coefficient (Wildman–Crippen LogP) is 1.68. The molecule has 2 aliphatic heterocycles. The van der Waals surface area contributed by atoms with Crippen LogP contribution in [0.15, 0.2) is 12.1 Å². The number of amides is 1. The normalized spacial score (nSPS) is 25.8. The average molecular weight is 433 g/mol. The smallest absolute Gasteiger partial charge is 0.216 e. The highest BCUT2D eigenvalue weighted by molar-refractivity contribution is 7.89. The third-order valence-corrected chi connectivity index (χ3v) is 7.87. The Hall–Kier alpha value is -1.65. The van der Waals surface area contributed by atoms with Gasteiger partial charge in [-0.15, -0.1) is 0 Å². The van der Waals surface area contributed by atoms with Gasteiger partial charge < -0.3 is 11.1 Å². The van der Waals surface area contributed by atoms with Crippen LogP contribution < -0.4 is 11.1 Å². The number of nitrogens with two attached hydrogens (primary N) is 1. The first-order valence-corrected chi connectivity index (χ1v) is 11.3. The molecule has 0 aromatic heterocycles. The third kappa shape index (κ3) is 4.92. The van der Waals surface area contributed by atoms with Crippen LogP contribution in [0.1, 0.15) is 38.2 Å². The number of rotatable bonds is 7. The van der Waals surface area contributed by atoms with Gasteiger partial charge in [-0.1, -0.05) is 0 Å². The molecular formula is C19H26F3N3O3S. The summed E-state index contributed by atoms with van der Waals surface area (Å²) < 4.78 is 67.5. The van der Waals surface area contributed by atoms with E-state index in [1.165, 1.54) is 6.92 Å². The Morgan fingerprint density at radius 2 is 1.76 bits per heavy atom. The quantitative estimate of drug-likeness (QED) is 0.640. The van der Waals surface area contributed by atoms with Crippen molar-refractivity contribution in [1.82, 2.24) is 9.62 Å². The van der Waals surface area contributed by atoms with Crippen molar-refractivity contribution in [3.8, 4) is 0 Å². The first-order chi connectivity index (χ1) is 13.6. The van der Waals surface area contributed by atoms with Gasteiger partial charge in [0.25, 0.3) is 0 Å². The van der Waals surface area contributed by atoms with Crippen molar-refractivity contribution in [2.45, 2.75) is 57.2 Å². The van der Waals surface area contributed by atoms with Crippen LogP contribution in [0.5, 0.6) is 0 Å². The highest BCUT2D eigenvalue weighted by atomic mass is 32.2. The van der Waals surface area contributed by atoms with Crippen molar-refractivity contribution in [3.05, 3.63) is 35.1 Å².